The fourth-order valence-corrected chi connectivity index (χ4v) is 2.74. The van der Waals surface area contributed by atoms with E-state index in [1.165, 1.54) is 20.2 Å². The lowest BCUT2D eigenvalue weighted by molar-refractivity contribution is -0.117. The number of carbonyl (C=O) groups excluding carboxylic acids is 2. The number of hydrogen-bond acceptors (Lipinski definition) is 4. The highest BCUT2D eigenvalue weighted by molar-refractivity contribution is 5.93. The summed E-state index contributed by atoms with van der Waals surface area (Å²) in [5.41, 5.74) is 1.98. The van der Waals surface area contributed by atoms with Crippen LogP contribution in [-0.4, -0.2) is 28.3 Å². The molecular formula is C22H26N4O2. The molecule has 0 aliphatic heterocycles. The molecule has 0 N–H and O–H groups in total. The molecular weight excluding hydrogens is 352 g/mol. The number of allylic oxidation sites excluding steroid dienone is 2. The standard InChI is InChI=1S/C22H26N4O2/c1-5-10-19(6-2)14-25(17(3)27)21-13-22(24-16-23-21)26(18(4)28)15-20-11-8-7-9-12-20/h5-13,16H,14-15H2,1-4H3/b10-5-,19-6+. The molecule has 1 aromatic carbocycles. The van der Waals surface area contributed by atoms with Gasteiger partial charge in [-0.25, -0.2) is 9.97 Å². The fourth-order valence-electron chi connectivity index (χ4n) is 2.74. The van der Waals surface area contributed by atoms with Crippen LogP contribution >= 0.6 is 0 Å². The Kier molecular flexibility index (Phi) is 7.63. The lowest BCUT2D eigenvalue weighted by Gasteiger charge is -2.24. The van der Waals surface area contributed by atoms with Crippen LogP contribution < -0.4 is 9.80 Å². The predicted molar refractivity (Wildman–Crippen MR) is 112 cm³/mol. The van der Waals surface area contributed by atoms with Crippen LogP contribution in [0.1, 0.15) is 33.3 Å². The van der Waals surface area contributed by atoms with E-state index in [0.717, 1.165) is 11.1 Å². The smallest absolute Gasteiger partial charge is 0.225 e. The molecule has 1 heterocycles. The van der Waals surface area contributed by atoms with Crippen molar-refractivity contribution >= 4 is 23.5 Å². The molecule has 0 spiro atoms. The first-order valence-electron chi connectivity index (χ1n) is 9.16. The van der Waals surface area contributed by atoms with Gasteiger partial charge in [-0.05, 0) is 25.0 Å². The Bertz CT molecular complexity index is 875. The van der Waals surface area contributed by atoms with Crippen LogP contribution in [-0.2, 0) is 16.1 Å². The molecule has 28 heavy (non-hydrogen) atoms. The maximum absolute atomic E-state index is 12.2. The second kappa shape index (κ2) is 10.2. The molecule has 2 aromatic rings. The molecule has 0 saturated heterocycles. The Morgan fingerprint density at radius 3 is 2.11 bits per heavy atom. The molecule has 0 radical (unpaired) electrons. The Morgan fingerprint density at radius 1 is 0.964 bits per heavy atom. The van der Waals surface area contributed by atoms with Crippen molar-refractivity contribution in [1.29, 1.82) is 0 Å². The third-order valence-electron chi connectivity index (χ3n) is 4.23. The summed E-state index contributed by atoms with van der Waals surface area (Å²) >= 11 is 0. The molecule has 2 amide bonds. The zero-order valence-electron chi connectivity index (χ0n) is 16.8. The molecule has 0 aliphatic rings. The van der Waals surface area contributed by atoms with Gasteiger partial charge in [0.05, 0.1) is 13.1 Å². The van der Waals surface area contributed by atoms with Gasteiger partial charge in [-0.1, -0.05) is 48.6 Å². The van der Waals surface area contributed by atoms with Crippen molar-refractivity contribution in [2.75, 3.05) is 16.3 Å². The Morgan fingerprint density at radius 2 is 1.57 bits per heavy atom. The maximum Gasteiger partial charge on any atom is 0.225 e. The Labute approximate surface area is 166 Å². The van der Waals surface area contributed by atoms with E-state index in [4.69, 9.17) is 0 Å². The zero-order chi connectivity index (χ0) is 20.5. The largest absolute Gasteiger partial charge is 0.292 e. The average Bonchev–Trinajstić information content (AvgIpc) is 2.69. The van der Waals surface area contributed by atoms with Crippen molar-refractivity contribution in [2.45, 2.75) is 34.2 Å². The topological polar surface area (TPSA) is 66.4 Å². The number of nitrogens with zero attached hydrogens (tertiary/aromatic N) is 4. The van der Waals surface area contributed by atoms with Crippen molar-refractivity contribution < 1.29 is 9.59 Å². The van der Waals surface area contributed by atoms with E-state index in [-0.39, 0.29) is 11.8 Å². The molecule has 146 valence electrons. The van der Waals surface area contributed by atoms with Gasteiger partial charge < -0.3 is 0 Å². The zero-order valence-corrected chi connectivity index (χ0v) is 16.8. The summed E-state index contributed by atoms with van der Waals surface area (Å²) in [6, 6.07) is 11.4. The van der Waals surface area contributed by atoms with Crippen LogP contribution in [0, 0.1) is 0 Å². The molecule has 2 rings (SSSR count). The molecule has 0 bridgehead atoms. The molecule has 0 aliphatic carbocycles. The summed E-state index contributed by atoms with van der Waals surface area (Å²) in [5.74, 6) is 0.651. The number of aromatic nitrogens is 2. The first-order chi connectivity index (χ1) is 13.5. The van der Waals surface area contributed by atoms with Gasteiger partial charge in [0.15, 0.2) is 0 Å². The fraction of sp³-hybridized carbons (Fsp3) is 0.273. The average molecular weight is 378 g/mol. The van der Waals surface area contributed by atoms with E-state index in [2.05, 4.69) is 9.97 Å². The van der Waals surface area contributed by atoms with E-state index < -0.39 is 0 Å². The van der Waals surface area contributed by atoms with Crippen molar-refractivity contribution in [3.05, 3.63) is 72.1 Å². The summed E-state index contributed by atoms with van der Waals surface area (Å²) in [6.07, 6.45) is 7.22. The summed E-state index contributed by atoms with van der Waals surface area (Å²) in [5, 5.41) is 0. The molecule has 1 aromatic heterocycles. The van der Waals surface area contributed by atoms with Gasteiger partial charge in [0, 0.05) is 19.9 Å². The number of hydrogen-bond donors (Lipinski definition) is 0. The highest BCUT2D eigenvalue weighted by Gasteiger charge is 2.19. The van der Waals surface area contributed by atoms with Gasteiger partial charge >= 0.3 is 0 Å². The highest BCUT2D eigenvalue weighted by atomic mass is 16.2. The van der Waals surface area contributed by atoms with Gasteiger partial charge in [-0.3, -0.25) is 19.4 Å². The summed E-state index contributed by atoms with van der Waals surface area (Å²) in [4.78, 5) is 36.1. The third kappa shape index (κ3) is 5.61. The normalized spacial score (nSPS) is 11.5. The Hall–Kier alpha value is -3.28. The minimum absolute atomic E-state index is 0.133. The van der Waals surface area contributed by atoms with Gasteiger partial charge in [0.2, 0.25) is 11.8 Å². The van der Waals surface area contributed by atoms with Crippen molar-refractivity contribution in [3.8, 4) is 0 Å². The van der Waals surface area contributed by atoms with Gasteiger partial charge in [-0.15, -0.1) is 0 Å². The molecule has 0 fully saturated rings. The predicted octanol–water partition coefficient (Wildman–Crippen LogP) is 3.91. The SMILES string of the molecule is C/C=C\C(=C/C)CN(C(C)=O)c1cc(N(Cc2ccccc2)C(C)=O)ncn1. The minimum atomic E-state index is -0.133. The highest BCUT2D eigenvalue weighted by Crippen LogP contribution is 2.21. The number of rotatable bonds is 7. The van der Waals surface area contributed by atoms with Crippen LogP contribution in [0.4, 0.5) is 11.6 Å². The number of amides is 2. The molecule has 6 heteroatoms. The first-order valence-corrected chi connectivity index (χ1v) is 9.16. The Balaban J connectivity index is 2.35. The molecule has 0 saturated carbocycles. The second-order valence-electron chi connectivity index (χ2n) is 6.29. The minimum Gasteiger partial charge on any atom is -0.292 e. The number of carbonyl (C=O) groups is 2. The number of benzene rings is 1. The summed E-state index contributed by atoms with van der Waals surface area (Å²) in [6.45, 7) is 7.64. The van der Waals surface area contributed by atoms with Crippen LogP contribution in [0.2, 0.25) is 0 Å². The lowest BCUT2D eigenvalue weighted by atomic mass is 10.2. The molecule has 0 unspecified atom stereocenters. The second-order valence-corrected chi connectivity index (χ2v) is 6.29. The first kappa shape index (κ1) is 21.0. The lowest BCUT2D eigenvalue weighted by Crippen LogP contribution is -2.32. The third-order valence-corrected chi connectivity index (χ3v) is 4.23. The summed E-state index contributed by atoms with van der Waals surface area (Å²) < 4.78 is 0. The van der Waals surface area contributed by atoms with Crippen molar-refractivity contribution in [2.24, 2.45) is 0 Å². The summed E-state index contributed by atoms with van der Waals surface area (Å²) in [7, 11) is 0. The van der Waals surface area contributed by atoms with Crippen LogP contribution in [0.15, 0.2) is 66.5 Å². The van der Waals surface area contributed by atoms with Crippen LogP contribution in [0.3, 0.4) is 0 Å². The monoisotopic (exact) mass is 378 g/mol. The van der Waals surface area contributed by atoms with Gasteiger partial charge in [0.1, 0.15) is 18.0 Å². The van der Waals surface area contributed by atoms with Crippen molar-refractivity contribution in [3.63, 3.8) is 0 Å². The quantitative estimate of drug-likeness (QED) is 0.685. The molecule has 6 nitrogen and oxygen atoms in total. The van der Waals surface area contributed by atoms with Gasteiger partial charge in [0.25, 0.3) is 0 Å². The van der Waals surface area contributed by atoms with E-state index >= 15 is 0 Å². The maximum atomic E-state index is 12.2. The van der Waals surface area contributed by atoms with Crippen LogP contribution in [0.25, 0.3) is 0 Å². The van der Waals surface area contributed by atoms with Crippen LogP contribution in [0.5, 0.6) is 0 Å². The van der Waals surface area contributed by atoms with E-state index in [9.17, 15) is 9.59 Å². The molecule has 0 atom stereocenters. The van der Waals surface area contributed by atoms with E-state index in [1.54, 1.807) is 15.9 Å². The van der Waals surface area contributed by atoms with Crippen molar-refractivity contribution in [1.82, 2.24) is 9.97 Å². The number of anilines is 2. The van der Waals surface area contributed by atoms with E-state index in [1.807, 2.05) is 62.4 Å². The van der Waals surface area contributed by atoms with E-state index in [0.29, 0.717) is 24.7 Å². The van der Waals surface area contributed by atoms with Gasteiger partial charge in [-0.2, -0.15) is 0 Å².